The van der Waals surface area contributed by atoms with Crippen LogP contribution in [0.1, 0.15) is 53.1 Å². The summed E-state index contributed by atoms with van der Waals surface area (Å²) in [6.07, 6.45) is 2.81. The van der Waals surface area contributed by atoms with Crippen LogP contribution in [0.25, 0.3) is 5.82 Å². The molecule has 0 spiro atoms. The van der Waals surface area contributed by atoms with Crippen LogP contribution in [-0.2, 0) is 4.79 Å². The largest absolute Gasteiger partial charge is 0.355 e. The van der Waals surface area contributed by atoms with Crippen molar-refractivity contribution in [1.82, 2.24) is 20.0 Å². The van der Waals surface area contributed by atoms with Gasteiger partial charge in [-0.1, -0.05) is 23.8 Å². The van der Waals surface area contributed by atoms with Crippen molar-refractivity contribution >= 4 is 17.5 Å². The number of fused-ring (bicyclic) bond motifs is 1. The number of nitrogens with one attached hydrogen (secondary N) is 1. The Bertz CT molecular complexity index is 1110. The van der Waals surface area contributed by atoms with Crippen LogP contribution in [0.15, 0.2) is 30.3 Å². The predicted octanol–water partition coefficient (Wildman–Crippen LogP) is 3.66. The molecule has 1 saturated heterocycles. The SMILES string of the molecule is Cc1ccc(C)c([C@H]2CC(=O)Nc3c2c(C)nn3-c2ccc(N3CCCC3)nn2)c1. The molecular weight excluding hydrogens is 376 g/mol. The third-order valence-electron chi connectivity index (χ3n) is 6.20. The van der Waals surface area contributed by atoms with Crippen molar-refractivity contribution in [2.75, 3.05) is 23.3 Å². The van der Waals surface area contributed by atoms with Crippen molar-refractivity contribution in [2.24, 2.45) is 0 Å². The van der Waals surface area contributed by atoms with Crippen LogP contribution in [-0.4, -0.2) is 39.0 Å². The number of benzene rings is 1. The Morgan fingerprint density at radius 3 is 2.47 bits per heavy atom. The Balaban J connectivity index is 1.57. The number of carbonyl (C=O) groups excluding carboxylic acids is 1. The van der Waals surface area contributed by atoms with Crippen molar-refractivity contribution in [3.63, 3.8) is 0 Å². The quantitative estimate of drug-likeness (QED) is 0.724. The Kier molecular flexibility index (Phi) is 4.53. The van der Waals surface area contributed by atoms with E-state index in [1.807, 2.05) is 19.1 Å². The smallest absolute Gasteiger partial charge is 0.226 e. The molecular formula is C23H26N6O. The average Bonchev–Trinajstić information content (AvgIpc) is 3.38. The van der Waals surface area contributed by atoms with Crippen LogP contribution >= 0.6 is 0 Å². The first kappa shape index (κ1) is 18.8. The first-order chi connectivity index (χ1) is 14.5. The number of nitrogens with zero attached hydrogens (tertiary/aromatic N) is 5. The second kappa shape index (κ2) is 7.23. The van der Waals surface area contributed by atoms with Gasteiger partial charge in [0.2, 0.25) is 5.91 Å². The molecule has 30 heavy (non-hydrogen) atoms. The van der Waals surface area contributed by atoms with E-state index in [1.54, 1.807) is 4.68 Å². The normalized spacial score (nSPS) is 18.4. The fraction of sp³-hybridized carbons (Fsp3) is 0.391. The van der Waals surface area contributed by atoms with Crippen molar-refractivity contribution in [3.05, 3.63) is 58.3 Å². The van der Waals surface area contributed by atoms with E-state index in [1.165, 1.54) is 29.5 Å². The number of hydrogen-bond acceptors (Lipinski definition) is 5. The number of anilines is 2. The molecule has 1 amide bonds. The van der Waals surface area contributed by atoms with Crippen molar-refractivity contribution < 1.29 is 4.79 Å². The number of aromatic nitrogens is 4. The van der Waals surface area contributed by atoms with E-state index in [0.29, 0.717) is 18.1 Å². The van der Waals surface area contributed by atoms with E-state index < -0.39 is 0 Å². The van der Waals surface area contributed by atoms with Gasteiger partial charge in [0.15, 0.2) is 11.6 Å². The van der Waals surface area contributed by atoms with Crippen molar-refractivity contribution in [1.29, 1.82) is 0 Å². The maximum atomic E-state index is 12.6. The Hall–Kier alpha value is -3.22. The molecule has 2 aromatic heterocycles. The highest BCUT2D eigenvalue weighted by Gasteiger charge is 2.33. The summed E-state index contributed by atoms with van der Waals surface area (Å²) >= 11 is 0. The van der Waals surface area contributed by atoms with E-state index in [2.05, 4.69) is 52.5 Å². The van der Waals surface area contributed by atoms with Gasteiger partial charge in [0.05, 0.1) is 5.69 Å². The summed E-state index contributed by atoms with van der Waals surface area (Å²) in [5.74, 6) is 2.20. The molecule has 2 aliphatic rings. The highest BCUT2D eigenvalue weighted by Crippen LogP contribution is 2.41. The summed E-state index contributed by atoms with van der Waals surface area (Å²) in [6.45, 7) is 8.23. The second-order valence-electron chi connectivity index (χ2n) is 8.37. The third-order valence-corrected chi connectivity index (χ3v) is 6.20. The number of aryl methyl sites for hydroxylation is 3. The number of hydrogen-bond donors (Lipinski definition) is 1. The third kappa shape index (κ3) is 3.14. The molecule has 0 radical (unpaired) electrons. The minimum Gasteiger partial charge on any atom is -0.355 e. The van der Waals surface area contributed by atoms with Gasteiger partial charge in [-0.05, 0) is 56.9 Å². The second-order valence-corrected chi connectivity index (χ2v) is 8.37. The zero-order valence-corrected chi connectivity index (χ0v) is 17.6. The van der Waals surface area contributed by atoms with Gasteiger partial charge in [-0.15, -0.1) is 10.2 Å². The first-order valence-electron chi connectivity index (χ1n) is 10.6. The summed E-state index contributed by atoms with van der Waals surface area (Å²) in [7, 11) is 0. The van der Waals surface area contributed by atoms with Crippen LogP contribution in [0.3, 0.4) is 0 Å². The standard InChI is InChI=1S/C23H26N6O/c1-14-6-7-15(2)17(12-14)18-13-21(30)24-23-22(18)16(3)27-29(23)20-9-8-19(25-26-20)28-10-4-5-11-28/h6-9,12,18H,4-5,10-11,13H2,1-3H3,(H,24,30)/t18-/m1/s1. The van der Waals surface area contributed by atoms with E-state index in [-0.39, 0.29) is 11.8 Å². The fourth-order valence-corrected chi connectivity index (χ4v) is 4.66. The molecule has 1 fully saturated rings. The lowest BCUT2D eigenvalue weighted by atomic mass is 9.83. The number of amides is 1. The molecule has 0 saturated carbocycles. The lowest BCUT2D eigenvalue weighted by molar-refractivity contribution is -0.116. The molecule has 5 rings (SSSR count). The maximum absolute atomic E-state index is 12.6. The number of carbonyl (C=O) groups is 1. The molecule has 0 bridgehead atoms. The average molecular weight is 403 g/mol. The maximum Gasteiger partial charge on any atom is 0.226 e. The minimum atomic E-state index is -0.0146. The van der Waals surface area contributed by atoms with Gasteiger partial charge in [-0.2, -0.15) is 9.78 Å². The molecule has 1 N–H and O–H groups in total. The van der Waals surface area contributed by atoms with E-state index in [4.69, 9.17) is 5.10 Å². The summed E-state index contributed by atoms with van der Waals surface area (Å²) in [5.41, 5.74) is 5.53. The lowest BCUT2D eigenvalue weighted by Crippen LogP contribution is -2.25. The topological polar surface area (TPSA) is 75.9 Å². The van der Waals surface area contributed by atoms with E-state index >= 15 is 0 Å². The summed E-state index contributed by atoms with van der Waals surface area (Å²) in [4.78, 5) is 14.9. The van der Waals surface area contributed by atoms with Gasteiger partial charge in [-0.25, -0.2) is 0 Å². The van der Waals surface area contributed by atoms with Gasteiger partial charge in [0.25, 0.3) is 0 Å². The first-order valence-corrected chi connectivity index (χ1v) is 10.6. The van der Waals surface area contributed by atoms with Crippen LogP contribution in [0.5, 0.6) is 0 Å². The molecule has 7 heteroatoms. The molecule has 4 heterocycles. The molecule has 3 aromatic rings. The Labute approximate surface area is 176 Å². The van der Waals surface area contributed by atoms with Crippen LogP contribution < -0.4 is 10.2 Å². The van der Waals surface area contributed by atoms with Crippen molar-refractivity contribution in [2.45, 2.75) is 46.0 Å². The van der Waals surface area contributed by atoms with Crippen LogP contribution in [0, 0.1) is 20.8 Å². The van der Waals surface area contributed by atoms with Gasteiger partial charge < -0.3 is 10.2 Å². The number of rotatable bonds is 3. The summed E-state index contributed by atoms with van der Waals surface area (Å²) in [5, 5.41) is 16.6. The van der Waals surface area contributed by atoms with Gasteiger partial charge >= 0.3 is 0 Å². The van der Waals surface area contributed by atoms with Crippen LogP contribution in [0.4, 0.5) is 11.6 Å². The summed E-state index contributed by atoms with van der Waals surface area (Å²) < 4.78 is 1.72. The summed E-state index contributed by atoms with van der Waals surface area (Å²) in [6, 6.07) is 10.3. The monoisotopic (exact) mass is 402 g/mol. The van der Waals surface area contributed by atoms with Crippen molar-refractivity contribution in [3.8, 4) is 5.82 Å². The van der Waals surface area contributed by atoms with E-state index in [0.717, 1.165) is 30.2 Å². The van der Waals surface area contributed by atoms with Crippen LogP contribution in [0.2, 0.25) is 0 Å². The van der Waals surface area contributed by atoms with Gasteiger partial charge in [0, 0.05) is 31.0 Å². The zero-order chi connectivity index (χ0) is 20.8. The molecule has 1 aromatic carbocycles. The highest BCUT2D eigenvalue weighted by atomic mass is 16.1. The zero-order valence-electron chi connectivity index (χ0n) is 17.6. The predicted molar refractivity (Wildman–Crippen MR) is 116 cm³/mol. The van der Waals surface area contributed by atoms with Gasteiger partial charge in [-0.3, -0.25) is 4.79 Å². The van der Waals surface area contributed by atoms with E-state index in [9.17, 15) is 4.79 Å². The molecule has 0 unspecified atom stereocenters. The molecule has 154 valence electrons. The molecule has 2 aliphatic heterocycles. The molecule has 0 aliphatic carbocycles. The lowest BCUT2D eigenvalue weighted by Gasteiger charge is -2.25. The highest BCUT2D eigenvalue weighted by molar-refractivity contribution is 5.95. The Morgan fingerprint density at radius 2 is 1.73 bits per heavy atom. The minimum absolute atomic E-state index is 0.00352. The van der Waals surface area contributed by atoms with Gasteiger partial charge in [0.1, 0.15) is 5.82 Å². The molecule has 1 atom stereocenters. The fourth-order valence-electron chi connectivity index (χ4n) is 4.66. The molecule has 7 nitrogen and oxygen atoms in total. The Morgan fingerprint density at radius 1 is 1.00 bits per heavy atom.